The lowest BCUT2D eigenvalue weighted by molar-refractivity contribution is 0.0784. The smallest absolute Gasteiger partial charge is 0.253 e. The van der Waals surface area contributed by atoms with Crippen molar-refractivity contribution in [1.82, 2.24) is 9.62 Å². The molecule has 8 nitrogen and oxygen atoms in total. The number of nitrogens with one attached hydrogen (secondary N) is 1. The van der Waals surface area contributed by atoms with Crippen LogP contribution in [0.1, 0.15) is 41.6 Å². The molecule has 184 valence electrons. The summed E-state index contributed by atoms with van der Waals surface area (Å²) in [6, 6.07) is 12.5. The average molecular weight is 488 g/mol. The molecule has 1 aliphatic heterocycles. The van der Waals surface area contributed by atoms with Crippen LogP contribution in [0.2, 0.25) is 0 Å². The van der Waals surface area contributed by atoms with Crippen molar-refractivity contribution in [2.75, 3.05) is 45.4 Å². The van der Waals surface area contributed by atoms with Gasteiger partial charge in [-0.25, -0.2) is 13.1 Å². The molecular weight excluding hydrogens is 454 g/mol. The van der Waals surface area contributed by atoms with Gasteiger partial charge in [0.2, 0.25) is 10.0 Å². The number of carbonyl (C=O) groups is 1. The fourth-order valence-corrected chi connectivity index (χ4v) is 6.15. The molecule has 2 aromatic rings. The number of nitrogens with zero attached hydrogens (tertiary/aromatic N) is 2. The first-order chi connectivity index (χ1) is 16.4. The Balaban J connectivity index is 1.54. The van der Waals surface area contributed by atoms with Crippen LogP contribution >= 0.6 is 0 Å². The van der Waals surface area contributed by atoms with E-state index in [1.165, 1.54) is 13.2 Å². The highest BCUT2D eigenvalue weighted by Gasteiger charge is 2.27. The third-order valence-electron chi connectivity index (χ3n) is 6.47. The second kappa shape index (κ2) is 10.8. The van der Waals surface area contributed by atoms with E-state index in [0.29, 0.717) is 25.3 Å². The Morgan fingerprint density at radius 3 is 2.56 bits per heavy atom. The van der Waals surface area contributed by atoms with Gasteiger partial charge >= 0.3 is 0 Å². The van der Waals surface area contributed by atoms with Crippen molar-refractivity contribution < 1.29 is 22.7 Å². The Kier molecular flexibility index (Phi) is 7.75. The lowest BCUT2D eigenvalue weighted by Gasteiger charge is -2.31. The normalized spacial score (nSPS) is 17.1. The predicted molar refractivity (Wildman–Crippen MR) is 131 cm³/mol. The standard InChI is InChI=1S/C25H33N3O5S/c1-27(18-20-7-3-6-10-22(20)28-13-15-33-16-14-28)25(29)19-11-12-23(32-2)24(17-19)34(30,31)26-21-8-4-5-9-21/h3,6-7,10-12,17,21,26H,4-5,8-9,13-16,18H2,1-2H3. The van der Waals surface area contributed by atoms with E-state index in [-0.39, 0.29) is 22.6 Å². The van der Waals surface area contributed by atoms with Crippen molar-refractivity contribution in [1.29, 1.82) is 0 Å². The van der Waals surface area contributed by atoms with Gasteiger partial charge in [-0.1, -0.05) is 31.0 Å². The molecular formula is C25H33N3O5S. The van der Waals surface area contributed by atoms with Crippen LogP contribution < -0.4 is 14.4 Å². The van der Waals surface area contributed by atoms with Crippen molar-refractivity contribution in [3.63, 3.8) is 0 Å². The second-order valence-corrected chi connectivity index (χ2v) is 10.5. The first-order valence-electron chi connectivity index (χ1n) is 11.8. The lowest BCUT2D eigenvalue weighted by Crippen LogP contribution is -2.37. The number of para-hydroxylation sites is 1. The van der Waals surface area contributed by atoms with E-state index in [2.05, 4.69) is 15.7 Å². The van der Waals surface area contributed by atoms with Gasteiger partial charge in [-0.3, -0.25) is 4.79 Å². The van der Waals surface area contributed by atoms with Crippen LogP contribution in [0, 0.1) is 0 Å². The van der Waals surface area contributed by atoms with Crippen molar-refractivity contribution in [2.24, 2.45) is 0 Å². The van der Waals surface area contributed by atoms with E-state index in [1.807, 2.05) is 18.2 Å². The number of carbonyl (C=O) groups excluding carboxylic acids is 1. The summed E-state index contributed by atoms with van der Waals surface area (Å²) in [6.45, 7) is 3.38. The van der Waals surface area contributed by atoms with E-state index < -0.39 is 10.0 Å². The van der Waals surface area contributed by atoms with Gasteiger partial charge in [0.1, 0.15) is 10.6 Å². The highest BCUT2D eigenvalue weighted by Crippen LogP contribution is 2.28. The Morgan fingerprint density at radius 1 is 1.15 bits per heavy atom. The molecule has 2 aromatic carbocycles. The Labute approximate surface area is 201 Å². The Bertz CT molecular complexity index is 1110. The topological polar surface area (TPSA) is 88.2 Å². The summed E-state index contributed by atoms with van der Waals surface area (Å²) in [5, 5.41) is 0. The second-order valence-electron chi connectivity index (χ2n) is 8.86. The minimum absolute atomic E-state index is 0.00475. The summed E-state index contributed by atoms with van der Waals surface area (Å²) in [5.41, 5.74) is 2.42. The van der Waals surface area contributed by atoms with Gasteiger partial charge < -0.3 is 19.3 Å². The average Bonchev–Trinajstić information content (AvgIpc) is 3.36. The highest BCUT2D eigenvalue weighted by atomic mass is 32.2. The highest BCUT2D eigenvalue weighted by molar-refractivity contribution is 7.89. The first kappa shape index (κ1) is 24.5. The minimum atomic E-state index is -3.81. The van der Waals surface area contributed by atoms with Gasteiger partial charge in [0.05, 0.1) is 20.3 Å². The maximum Gasteiger partial charge on any atom is 0.253 e. The van der Waals surface area contributed by atoms with E-state index in [9.17, 15) is 13.2 Å². The molecule has 1 amide bonds. The Hall–Kier alpha value is -2.62. The number of ether oxygens (including phenoxy) is 2. The molecule has 0 bridgehead atoms. The van der Waals surface area contributed by atoms with Gasteiger partial charge in [0.15, 0.2) is 0 Å². The molecule has 1 heterocycles. The lowest BCUT2D eigenvalue weighted by atomic mass is 10.1. The molecule has 1 aliphatic carbocycles. The van der Waals surface area contributed by atoms with Crippen LogP contribution in [0.5, 0.6) is 5.75 Å². The molecule has 0 aromatic heterocycles. The van der Waals surface area contributed by atoms with Crippen LogP contribution in [0.25, 0.3) is 0 Å². The summed E-state index contributed by atoms with van der Waals surface area (Å²) in [7, 11) is -0.652. The molecule has 0 spiro atoms. The number of methoxy groups -OCH3 is 1. The fraction of sp³-hybridized carbons (Fsp3) is 0.480. The van der Waals surface area contributed by atoms with Crippen molar-refractivity contribution in [3.8, 4) is 5.75 Å². The summed E-state index contributed by atoms with van der Waals surface area (Å²) >= 11 is 0. The summed E-state index contributed by atoms with van der Waals surface area (Å²) in [4.78, 5) is 17.2. The number of hydrogen-bond donors (Lipinski definition) is 1. The van der Waals surface area contributed by atoms with Crippen LogP contribution in [0.3, 0.4) is 0 Å². The minimum Gasteiger partial charge on any atom is -0.495 e. The summed E-state index contributed by atoms with van der Waals surface area (Å²) in [6.07, 6.45) is 3.68. The van der Waals surface area contributed by atoms with Crippen LogP contribution in [0.15, 0.2) is 47.4 Å². The molecule has 2 fully saturated rings. The Morgan fingerprint density at radius 2 is 1.85 bits per heavy atom. The molecule has 1 saturated carbocycles. The zero-order chi connectivity index (χ0) is 24.1. The molecule has 0 unspecified atom stereocenters. The van der Waals surface area contributed by atoms with Crippen LogP contribution in [-0.4, -0.2) is 65.7 Å². The molecule has 2 aliphatic rings. The molecule has 9 heteroatoms. The van der Waals surface area contributed by atoms with Crippen LogP contribution in [0.4, 0.5) is 5.69 Å². The van der Waals surface area contributed by atoms with Crippen molar-refractivity contribution in [3.05, 3.63) is 53.6 Å². The predicted octanol–water partition coefficient (Wildman–Crippen LogP) is 3.02. The maximum absolute atomic E-state index is 13.3. The zero-order valence-corrected chi connectivity index (χ0v) is 20.6. The number of hydrogen-bond acceptors (Lipinski definition) is 6. The third-order valence-corrected chi connectivity index (χ3v) is 8.02. The number of sulfonamides is 1. The van der Waals surface area contributed by atoms with Gasteiger partial charge in [-0.2, -0.15) is 0 Å². The monoisotopic (exact) mass is 487 g/mol. The van der Waals surface area contributed by atoms with Gasteiger partial charge in [-0.05, 0) is 42.7 Å². The molecule has 0 atom stereocenters. The summed E-state index contributed by atoms with van der Waals surface area (Å²) in [5.74, 6) is -0.0286. The molecule has 4 rings (SSSR count). The van der Waals surface area contributed by atoms with Crippen molar-refractivity contribution >= 4 is 21.6 Å². The van der Waals surface area contributed by atoms with E-state index >= 15 is 0 Å². The van der Waals surface area contributed by atoms with E-state index in [0.717, 1.165) is 50.0 Å². The third kappa shape index (κ3) is 5.54. The molecule has 34 heavy (non-hydrogen) atoms. The number of amides is 1. The van der Waals surface area contributed by atoms with Crippen molar-refractivity contribution in [2.45, 2.75) is 43.2 Å². The first-order valence-corrected chi connectivity index (χ1v) is 13.2. The molecule has 1 saturated heterocycles. The van der Waals surface area contributed by atoms with E-state index in [4.69, 9.17) is 9.47 Å². The van der Waals surface area contributed by atoms with Gasteiger partial charge in [0, 0.05) is 44.0 Å². The number of benzene rings is 2. The van der Waals surface area contributed by atoms with E-state index in [1.54, 1.807) is 24.1 Å². The van der Waals surface area contributed by atoms with Gasteiger partial charge in [0.25, 0.3) is 5.91 Å². The SMILES string of the molecule is COc1ccc(C(=O)N(C)Cc2ccccc2N2CCOCC2)cc1S(=O)(=O)NC1CCCC1. The zero-order valence-electron chi connectivity index (χ0n) is 19.8. The molecule has 0 radical (unpaired) electrons. The van der Waals surface area contributed by atoms with Crippen LogP contribution in [-0.2, 0) is 21.3 Å². The number of morpholine rings is 1. The fourth-order valence-electron chi connectivity index (χ4n) is 4.65. The number of rotatable bonds is 8. The summed E-state index contributed by atoms with van der Waals surface area (Å²) < 4.78 is 39.7. The molecule has 1 N–H and O–H groups in total. The quantitative estimate of drug-likeness (QED) is 0.616. The number of anilines is 1. The largest absolute Gasteiger partial charge is 0.495 e. The maximum atomic E-state index is 13.3. The van der Waals surface area contributed by atoms with Gasteiger partial charge in [-0.15, -0.1) is 0 Å².